The van der Waals surface area contributed by atoms with E-state index in [9.17, 15) is 20.8 Å². The molecule has 0 aliphatic carbocycles. The predicted molar refractivity (Wildman–Crippen MR) is 114 cm³/mol. The van der Waals surface area contributed by atoms with Crippen molar-refractivity contribution in [3.8, 4) is 0 Å². The largest absolute Gasteiger partial charge is 0.792 e. The molecule has 161 valence electrons. The molecule has 2 aromatic rings. The number of rotatable bonds is 2. The second-order valence-electron chi connectivity index (χ2n) is 4.76. The topological polar surface area (TPSA) is 167 Å². The van der Waals surface area contributed by atoms with E-state index in [4.69, 9.17) is 0 Å². The van der Waals surface area contributed by atoms with Crippen molar-refractivity contribution in [1.29, 1.82) is 0 Å². The zero-order valence-electron chi connectivity index (χ0n) is 16.4. The van der Waals surface area contributed by atoms with Crippen molar-refractivity contribution in [3.63, 3.8) is 0 Å². The van der Waals surface area contributed by atoms with Gasteiger partial charge in [-0.3, -0.25) is 9.97 Å². The van der Waals surface area contributed by atoms with Crippen LogP contribution in [0.15, 0.2) is 81.8 Å². The second kappa shape index (κ2) is 22.7. The average Bonchev–Trinajstić information content (AvgIpc) is 2.80. The fraction of sp³-hybridized carbons (Fsp3) is 0.222. The minimum atomic E-state index is 0. The van der Waals surface area contributed by atoms with Gasteiger partial charge in [0.05, 0.1) is 0 Å². The standard InChI is InChI=1S/2C5H5N.2C4H8N2O2.Co/c2*1-2-4-6-5-3-1;2*1-3(5-7)4(2)6-8;/h2*1-5H;2*7-8H,1-2H3;/p-4. The van der Waals surface area contributed by atoms with Crippen molar-refractivity contribution in [2.75, 3.05) is 0 Å². The third kappa shape index (κ3) is 20.8. The molecule has 29 heavy (non-hydrogen) atoms. The fourth-order valence-corrected chi connectivity index (χ4v) is 0.889. The van der Waals surface area contributed by atoms with Crippen molar-refractivity contribution in [1.82, 2.24) is 9.97 Å². The minimum absolute atomic E-state index is 0. The summed E-state index contributed by atoms with van der Waals surface area (Å²) in [4.78, 5) is 7.57. The first-order valence-corrected chi connectivity index (χ1v) is 7.82. The molecule has 2 heterocycles. The van der Waals surface area contributed by atoms with Crippen LogP contribution in [0.3, 0.4) is 0 Å². The second-order valence-corrected chi connectivity index (χ2v) is 4.76. The van der Waals surface area contributed by atoms with E-state index in [1.54, 1.807) is 24.8 Å². The quantitative estimate of drug-likeness (QED) is 0.500. The zero-order valence-corrected chi connectivity index (χ0v) is 17.5. The van der Waals surface area contributed by atoms with Crippen LogP contribution in [0.1, 0.15) is 27.7 Å². The van der Waals surface area contributed by atoms with Gasteiger partial charge >= 0.3 is 0 Å². The molecule has 0 aliphatic rings. The monoisotopic (exact) mass is 445 g/mol. The SMILES string of the molecule is CC(=N[O-])C(C)=N[O-].CC(=N[O-])C(C)=N[O-].[Co].c1ccncc1.c1ccncc1. The molecule has 0 fully saturated rings. The first-order chi connectivity index (χ1) is 13.4. The van der Waals surface area contributed by atoms with Gasteiger partial charge in [-0.15, -0.1) is 0 Å². The zero-order chi connectivity index (χ0) is 21.6. The Morgan fingerprint density at radius 2 is 0.690 bits per heavy atom. The van der Waals surface area contributed by atoms with Gasteiger partial charge in [-0.1, -0.05) is 12.1 Å². The van der Waals surface area contributed by atoms with E-state index in [1.807, 2.05) is 36.4 Å². The number of hydrogen-bond donors (Lipinski definition) is 0. The van der Waals surface area contributed by atoms with Gasteiger partial charge in [0.2, 0.25) is 0 Å². The van der Waals surface area contributed by atoms with Crippen molar-refractivity contribution < 1.29 is 16.8 Å². The molecule has 10 nitrogen and oxygen atoms in total. The Bertz CT molecular complexity index is 577. The summed E-state index contributed by atoms with van der Waals surface area (Å²) in [7, 11) is 0. The summed E-state index contributed by atoms with van der Waals surface area (Å²) in [6.45, 7) is 5.74. The molecule has 11 heteroatoms. The molecule has 0 saturated carbocycles. The molecule has 0 atom stereocenters. The van der Waals surface area contributed by atoms with Gasteiger partial charge in [0.1, 0.15) is 0 Å². The first kappa shape index (κ1) is 30.4. The molecule has 1 radical (unpaired) electrons. The van der Waals surface area contributed by atoms with Crippen molar-refractivity contribution in [2.45, 2.75) is 27.7 Å². The summed E-state index contributed by atoms with van der Waals surface area (Å²) in [6, 6.07) is 11.4. The normalized spacial score (nSPS) is 11.2. The van der Waals surface area contributed by atoms with E-state index in [1.165, 1.54) is 27.7 Å². The van der Waals surface area contributed by atoms with Crippen LogP contribution >= 0.6 is 0 Å². The van der Waals surface area contributed by atoms with Crippen LogP contribution in [-0.2, 0) is 16.8 Å². The molecule has 2 aromatic heterocycles. The maximum atomic E-state index is 9.60. The number of pyridine rings is 2. The Labute approximate surface area is 180 Å². The predicted octanol–water partition coefficient (Wildman–Crippen LogP) is 3.97. The average molecular weight is 445 g/mol. The Balaban J connectivity index is -0.000000309. The fourth-order valence-electron chi connectivity index (χ4n) is 0.889. The van der Waals surface area contributed by atoms with Crippen LogP contribution in [0.5, 0.6) is 0 Å². The third-order valence-electron chi connectivity index (χ3n) is 2.73. The van der Waals surface area contributed by atoms with Crippen molar-refractivity contribution in [3.05, 3.63) is 82.0 Å². The van der Waals surface area contributed by atoms with Crippen molar-refractivity contribution >= 4 is 22.8 Å². The number of hydrogen-bond acceptors (Lipinski definition) is 10. The summed E-state index contributed by atoms with van der Waals surface area (Å²) in [5, 5.41) is 48.4. The maximum Gasteiger partial charge on any atom is 0.0465 e. The van der Waals surface area contributed by atoms with Crippen LogP contribution in [0.4, 0.5) is 0 Å². The summed E-state index contributed by atoms with van der Waals surface area (Å²) in [6.07, 6.45) is 7.00. The number of aromatic nitrogens is 2. The molecular formula is C18H22CoN6O4-4. The summed E-state index contributed by atoms with van der Waals surface area (Å²) in [5.74, 6) is 0. The van der Waals surface area contributed by atoms with E-state index < -0.39 is 0 Å². The van der Waals surface area contributed by atoms with Crippen molar-refractivity contribution in [2.24, 2.45) is 20.6 Å². The van der Waals surface area contributed by atoms with Gasteiger partial charge in [0.25, 0.3) is 0 Å². The minimum Gasteiger partial charge on any atom is -0.792 e. The Hall–Kier alpha value is -3.31. The van der Waals surface area contributed by atoms with E-state index in [-0.39, 0.29) is 39.6 Å². The van der Waals surface area contributed by atoms with Gasteiger partial charge in [-0.05, 0) is 52.0 Å². The van der Waals surface area contributed by atoms with Gasteiger partial charge in [-0.25, -0.2) is 0 Å². The molecule has 0 aliphatic heterocycles. The van der Waals surface area contributed by atoms with Crippen LogP contribution in [0, 0.1) is 20.8 Å². The van der Waals surface area contributed by atoms with Gasteiger partial charge in [0.15, 0.2) is 0 Å². The third-order valence-corrected chi connectivity index (χ3v) is 2.73. The summed E-state index contributed by atoms with van der Waals surface area (Å²) >= 11 is 0. The van der Waals surface area contributed by atoms with Gasteiger partial charge < -0.3 is 41.5 Å². The van der Waals surface area contributed by atoms with Crippen LogP contribution < -0.4 is 0 Å². The first-order valence-electron chi connectivity index (χ1n) is 7.82. The number of nitrogens with zero attached hydrogens (tertiary/aromatic N) is 6. The Morgan fingerprint density at radius 1 is 0.483 bits per heavy atom. The molecule has 0 saturated heterocycles. The Morgan fingerprint density at radius 3 is 0.759 bits per heavy atom. The van der Waals surface area contributed by atoms with Crippen LogP contribution in [-0.4, -0.2) is 32.8 Å². The molecule has 0 aromatic carbocycles. The summed E-state index contributed by atoms with van der Waals surface area (Å²) < 4.78 is 0. The molecule has 0 unspecified atom stereocenters. The maximum absolute atomic E-state index is 9.60. The van der Waals surface area contributed by atoms with Crippen LogP contribution in [0.25, 0.3) is 0 Å². The van der Waals surface area contributed by atoms with E-state index >= 15 is 0 Å². The molecule has 2 rings (SSSR count). The summed E-state index contributed by atoms with van der Waals surface area (Å²) in [5.41, 5.74) is 0.556. The smallest absolute Gasteiger partial charge is 0.0465 e. The molecule has 0 bridgehead atoms. The Kier molecular flexibility index (Phi) is 23.8. The molecule has 0 N–H and O–H groups in total. The van der Waals surface area contributed by atoms with Crippen LogP contribution in [0.2, 0.25) is 0 Å². The van der Waals surface area contributed by atoms with E-state index in [2.05, 4.69) is 30.6 Å². The molecular weight excluding hydrogens is 423 g/mol. The van der Waals surface area contributed by atoms with Gasteiger partial charge in [0, 0.05) is 64.4 Å². The molecule has 0 amide bonds. The van der Waals surface area contributed by atoms with E-state index in [0.717, 1.165) is 0 Å². The van der Waals surface area contributed by atoms with E-state index in [0.29, 0.717) is 0 Å². The molecule has 0 spiro atoms. The van der Waals surface area contributed by atoms with Gasteiger partial charge in [-0.2, -0.15) is 0 Å².